The first-order chi connectivity index (χ1) is 15.8. The third-order valence-corrected chi connectivity index (χ3v) is 8.07. The van der Waals surface area contributed by atoms with E-state index in [1.165, 1.54) is 13.1 Å². The number of piperazine rings is 1. The van der Waals surface area contributed by atoms with Gasteiger partial charge in [-0.3, -0.25) is 4.79 Å². The van der Waals surface area contributed by atoms with E-state index < -0.39 is 10.0 Å². The molecule has 0 N–H and O–H groups in total. The highest BCUT2D eigenvalue weighted by Crippen LogP contribution is 2.23. The Balaban J connectivity index is 1.41. The molecular formula is C23H30N6O3S. The number of hydrogen-bond donors (Lipinski definition) is 0. The lowest BCUT2D eigenvalue weighted by Gasteiger charge is -2.36. The van der Waals surface area contributed by atoms with Crippen LogP contribution >= 0.6 is 0 Å². The van der Waals surface area contributed by atoms with Crippen molar-refractivity contribution in [3.8, 4) is 0 Å². The van der Waals surface area contributed by atoms with Crippen molar-refractivity contribution in [3.63, 3.8) is 0 Å². The number of nitrogens with zero attached hydrogens (tertiary/aromatic N) is 6. The molecule has 1 aliphatic heterocycles. The highest BCUT2D eigenvalue weighted by Gasteiger charge is 2.28. The molecule has 3 aromatic rings. The van der Waals surface area contributed by atoms with Crippen LogP contribution < -0.4 is 4.90 Å². The van der Waals surface area contributed by atoms with Crippen molar-refractivity contribution in [1.82, 2.24) is 24.2 Å². The summed E-state index contributed by atoms with van der Waals surface area (Å²) in [7, 11) is -2.40. The maximum absolute atomic E-state index is 13.1. The Morgan fingerprint density at radius 3 is 2.45 bits per heavy atom. The van der Waals surface area contributed by atoms with Crippen molar-refractivity contribution in [2.45, 2.75) is 31.2 Å². The fourth-order valence-electron chi connectivity index (χ4n) is 3.99. The van der Waals surface area contributed by atoms with Crippen molar-refractivity contribution in [2.75, 3.05) is 44.7 Å². The monoisotopic (exact) mass is 470 g/mol. The summed E-state index contributed by atoms with van der Waals surface area (Å²) in [5.74, 6) is -0.197. The molecule has 1 saturated heterocycles. The fraction of sp³-hybridized carbons (Fsp3) is 0.435. The van der Waals surface area contributed by atoms with Gasteiger partial charge < -0.3 is 9.80 Å². The maximum atomic E-state index is 13.1. The molecule has 1 fully saturated rings. The predicted molar refractivity (Wildman–Crippen MR) is 128 cm³/mol. The summed E-state index contributed by atoms with van der Waals surface area (Å²) in [6.07, 6.45) is 0.892. The van der Waals surface area contributed by atoms with Crippen molar-refractivity contribution in [1.29, 1.82) is 0 Å². The van der Waals surface area contributed by atoms with Crippen LogP contribution in [0.3, 0.4) is 0 Å². The first-order valence-electron chi connectivity index (χ1n) is 11.2. The number of amides is 1. The maximum Gasteiger partial charge on any atom is 0.243 e. The topological polar surface area (TPSA) is 91.6 Å². The zero-order valence-electron chi connectivity index (χ0n) is 19.3. The van der Waals surface area contributed by atoms with E-state index in [0.717, 1.165) is 21.9 Å². The molecule has 4 rings (SSSR count). The summed E-state index contributed by atoms with van der Waals surface area (Å²) in [4.78, 5) is 16.9. The molecule has 0 radical (unpaired) electrons. The van der Waals surface area contributed by atoms with Gasteiger partial charge in [0.05, 0.1) is 23.0 Å². The molecule has 0 unspecified atom stereocenters. The first-order valence-corrected chi connectivity index (χ1v) is 12.6. The molecule has 1 aromatic heterocycles. The number of aromatic nitrogens is 3. The zero-order chi connectivity index (χ0) is 23.6. The van der Waals surface area contributed by atoms with E-state index >= 15 is 0 Å². The third-order valence-electron chi connectivity index (χ3n) is 6.27. The lowest BCUT2D eigenvalue weighted by Crippen LogP contribution is -2.51. The van der Waals surface area contributed by atoms with Crippen molar-refractivity contribution < 1.29 is 13.2 Å². The molecule has 176 valence electrons. The number of sulfonamides is 1. The van der Waals surface area contributed by atoms with Crippen LogP contribution in [-0.2, 0) is 14.8 Å². The Hall–Kier alpha value is -2.98. The Kier molecular flexibility index (Phi) is 6.66. The third kappa shape index (κ3) is 4.72. The van der Waals surface area contributed by atoms with Gasteiger partial charge in [-0.15, -0.1) is 5.10 Å². The van der Waals surface area contributed by atoms with Crippen LogP contribution in [0.4, 0.5) is 5.69 Å². The standard InChI is InChI=1S/C23H30N6O3S/c1-4-18(2)29-22-11-10-20(16-21(22)24-25-29)33(31,32)26(3)17-23(30)28-14-12-27(13-15-28)19-8-6-5-7-9-19/h5-11,16,18H,4,12-15,17H2,1-3H3/t18-/m0/s1. The summed E-state index contributed by atoms with van der Waals surface area (Å²) in [5, 5.41) is 8.30. The van der Waals surface area contributed by atoms with Crippen molar-refractivity contribution in [2.24, 2.45) is 0 Å². The molecule has 9 nitrogen and oxygen atoms in total. The van der Waals surface area contributed by atoms with Gasteiger partial charge in [-0.1, -0.05) is 30.3 Å². The molecule has 0 saturated carbocycles. The average molecular weight is 471 g/mol. The number of carbonyl (C=O) groups is 1. The minimum Gasteiger partial charge on any atom is -0.368 e. The number of rotatable bonds is 7. The quantitative estimate of drug-likeness (QED) is 0.527. The summed E-state index contributed by atoms with van der Waals surface area (Å²) < 4.78 is 29.1. The molecule has 0 bridgehead atoms. The van der Waals surface area contributed by atoms with Crippen LogP contribution in [0.1, 0.15) is 26.3 Å². The van der Waals surface area contributed by atoms with Crippen LogP contribution in [0, 0.1) is 0 Å². The lowest BCUT2D eigenvalue weighted by atomic mass is 10.2. The Labute approximate surface area is 194 Å². The second-order valence-corrected chi connectivity index (χ2v) is 10.5. The van der Waals surface area contributed by atoms with Crippen LogP contribution in [-0.4, -0.2) is 78.3 Å². The number of para-hydroxylation sites is 1. The van der Waals surface area contributed by atoms with E-state index in [9.17, 15) is 13.2 Å². The summed E-state index contributed by atoms with van der Waals surface area (Å²) >= 11 is 0. The van der Waals surface area contributed by atoms with Crippen LogP contribution in [0.2, 0.25) is 0 Å². The van der Waals surface area contributed by atoms with Gasteiger partial charge in [0.25, 0.3) is 0 Å². The highest BCUT2D eigenvalue weighted by atomic mass is 32.2. The Morgan fingerprint density at radius 2 is 1.79 bits per heavy atom. The van der Waals surface area contributed by atoms with E-state index in [-0.39, 0.29) is 23.4 Å². The van der Waals surface area contributed by atoms with E-state index in [1.807, 2.05) is 25.1 Å². The number of benzene rings is 2. The predicted octanol–water partition coefficient (Wildman–Crippen LogP) is 2.37. The molecule has 0 aliphatic carbocycles. The fourth-order valence-corrected chi connectivity index (χ4v) is 5.13. The molecule has 1 atom stereocenters. The molecule has 2 heterocycles. The summed E-state index contributed by atoms with van der Waals surface area (Å²) in [6.45, 7) is 6.45. The zero-order valence-corrected chi connectivity index (χ0v) is 20.1. The smallest absolute Gasteiger partial charge is 0.243 e. The van der Waals surface area contributed by atoms with Gasteiger partial charge in [0.2, 0.25) is 15.9 Å². The molecule has 1 amide bonds. The second kappa shape index (κ2) is 9.48. The molecular weight excluding hydrogens is 440 g/mol. The van der Waals surface area contributed by atoms with Crippen LogP contribution in [0.15, 0.2) is 53.4 Å². The van der Waals surface area contributed by atoms with Crippen LogP contribution in [0.25, 0.3) is 11.0 Å². The number of carbonyl (C=O) groups excluding carboxylic acids is 1. The summed E-state index contributed by atoms with van der Waals surface area (Å²) in [5.41, 5.74) is 2.44. The van der Waals surface area contributed by atoms with Gasteiger partial charge in [-0.05, 0) is 43.7 Å². The van der Waals surface area contributed by atoms with Gasteiger partial charge in [0, 0.05) is 38.9 Å². The molecule has 10 heteroatoms. The minimum atomic E-state index is -3.84. The highest BCUT2D eigenvalue weighted by molar-refractivity contribution is 7.89. The van der Waals surface area contributed by atoms with Gasteiger partial charge in [-0.2, -0.15) is 4.31 Å². The molecule has 33 heavy (non-hydrogen) atoms. The normalized spacial score (nSPS) is 15.9. The van der Waals surface area contributed by atoms with E-state index in [1.54, 1.807) is 21.7 Å². The van der Waals surface area contributed by atoms with Crippen molar-refractivity contribution >= 4 is 32.7 Å². The van der Waals surface area contributed by atoms with Gasteiger partial charge >= 0.3 is 0 Å². The molecule has 2 aromatic carbocycles. The largest absolute Gasteiger partial charge is 0.368 e. The minimum absolute atomic E-state index is 0.107. The van der Waals surface area contributed by atoms with E-state index in [0.29, 0.717) is 31.7 Å². The van der Waals surface area contributed by atoms with Gasteiger partial charge in [-0.25, -0.2) is 13.1 Å². The molecule has 1 aliphatic rings. The first kappa shape index (κ1) is 23.2. The number of anilines is 1. The number of likely N-dealkylation sites (N-methyl/N-ethyl adjacent to an activating group) is 1. The number of hydrogen-bond acceptors (Lipinski definition) is 6. The lowest BCUT2D eigenvalue weighted by molar-refractivity contribution is -0.131. The average Bonchev–Trinajstić information content (AvgIpc) is 3.27. The SMILES string of the molecule is CC[C@H](C)n1nnc2cc(S(=O)(=O)N(C)CC(=O)N3CCN(c4ccccc4)CC3)ccc21. The van der Waals surface area contributed by atoms with Gasteiger partial charge in [0.1, 0.15) is 5.52 Å². The van der Waals surface area contributed by atoms with Gasteiger partial charge in [0.15, 0.2) is 0 Å². The Bertz CT molecular complexity index is 1220. The van der Waals surface area contributed by atoms with Crippen LogP contribution in [0.5, 0.6) is 0 Å². The summed E-state index contributed by atoms with van der Waals surface area (Å²) in [6, 6.07) is 15.0. The number of fused-ring (bicyclic) bond motifs is 1. The Morgan fingerprint density at radius 1 is 1.09 bits per heavy atom. The van der Waals surface area contributed by atoms with Crippen molar-refractivity contribution in [3.05, 3.63) is 48.5 Å². The molecule has 0 spiro atoms. The second-order valence-electron chi connectivity index (χ2n) is 8.41. The van der Waals surface area contributed by atoms with E-state index in [4.69, 9.17) is 0 Å². The van der Waals surface area contributed by atoms with E-state index in [2.05, 4.69) is 34.3 Å².